The zero-order chi connectivity index (χ0) is 19.2. The number of rotatable bonds is 5. The van der Waals surface area contributed by atoms with Gasteiger partial charge in [0.1, 0.15) is 5.75 Å². The van der Waals surface area contributed by atoms with E-state index in [-0.39, 0.29) is 5.78 Å². The number of para-hydroxylation sites is 1. The molecular formula is C22H20N2O3. The fourth-order valence-electron chi connectivity index (χ4n) is 2.71. The second-order valence-corrected chi connectivity index (χ2v) is 6.00. The van der Waals surface area contributed by atoms with E-state index >= 15 is 0 Å². The molecule has 0 bridgehead atoms. The van der Waals surface area contributed by atoms with E-state index < -0.39 is 6.03 Å². The molecule has 136 valence electrons. The maximum atomic E-state index is 12.7. The SMILES string of the molecule is COc1ccc(NC(=O)Nc2ccccc2C(=O)c2ccccc2)c(C)c1. The summed E-state index contributed by atoms with van der Waals surface area (Å²) in [6.45, 7) is 1.88. The molecule has 0 radical (unpaired) electrons. The summed E-state index contributed by atoms with van der Waals surface area (Å²) in [6.07, 6.45) is 0. The van der Waals surface area contributed by atoms with Crippen molar-refractivity contribution in [3.05, 3.63) is 89.5 Å². The number of hydrogen-bond acceptors (Lipinski definition) is 3. The number of benzene rings is 3. The van der Waals surface area contributed by atoms with E-state index in [4.69, 9.17) is 4.74 Å². The number of hydrogen-bond donors (Lipinski definition) is 2. The van der Waals surface area contributed by atoms with Crippen LogP contribution in [-0.4, -0.2) is 18.9 Å². The second kappa shape index (κ2) is 8.19. The van der Waals surface area contributed by atoms with Gasteiger partial charge in [-0.15, -0.1) is 0 Å². The molecule has 0 aliphatic rings. The maximum Gasteiger partial charge on any atom is 0.323 e. The summed E-state index contributed by atoms with van der Waals surface area (Å²) in [5.41, 5.74) is 3.00. The Labute approximate surface area is 158 Å². The Balaban J connectivity index is 1.78. The molecule has 0 fully saturated rings. The molecule has 0 saturated carbocycles. The third-order valence-corrected chi connectivity index (χ3v) is 4.14. The van der Waals surface area contributed by atoms with Crippen LogP contribution in [-0.2, 0) is 0 Å². The molecule has 3 aromatic rings. The minimum Gasteiger partial charge on any atom is -0.497 e. The lowest BCUT2D eigenvalue weighted by Gasteiger charge is -2.13. The molecule has 0 heterocycles. The van der Waals surface area contributed by atoms with E-state index in [2.05, 4.69) is 10.6 Å². The Morgan fingerprint density at radius 1 is 0.815 bits per heavy atom. The highest BCUT2D eigenvalue weighted by Gasteiger charge is 2.15. The molecule has 3 rings (SSSR count). The molecule has 0 aromatic heterocycles. The third-order valence-electron chi connectivity index (χ3n) is 4.14. The molecule has 5 nitrogen and oxygen atoms in total. The van der Waals surface area contributed by atoms with Gasteiger partial charge in [0.05, 0.1) is 12.8 Å². The molecule has 5 heteroatoms. The fraction of sp³-hybridized carbons (Fsp3) is 0.0909. The number of carbonyl (C=O) groups excluding carboxylic acids is 2. The molecule has 0 saturated heterocycles. The first kappa shape index (κ1) is 18.2. The number of carbonyl (C=O) groups is 2. The summed E-state index contributed by atoms with van der Waals surface area (Å²) in [5.74, 6) is 0.574. The minimum absolute atomic E-state index is 0.146. The van der Waals surface area contributed by atoms with Crippen molar-refractivity contribution in [3.8, 4) is 5.75 Å². The first-order valence-electron chi connectivity index (χ1n) is 8.50. The van der Waals surface area contributed by atoms with Gasteiger partial charge >= 0.3 is 6.03 Å². The normalized spacial score (nSPS) is 10.1. The molecule has 2 N–H and O–H groups in total. The molecule has 0 atom stereocenters. The van der Waals surface area contributed by atoms with Crippen LogP contribution in [0.3, 0.4) is 0 Å². The number of amides is 2. The zero-order valence-electron chi connectivity index (χ0n) is 15.2. The number of anilines is 2. The summed E-state index contributed by atoms with van der Waals surface area (Å²) in [6, 6.07) is 20.9. The minimum atomic E-state index is -0.420. The number of nitrogens with one attached hydrogen (secondary N) is 2. The van der Waals surface area contributed by atoms with E-state index in [1.54, 1.807) is 55.6 Å². The predicted octanol–water partition coefficient (Wildman–Crippen LogP) is 4.88. The average molecular weight is 360 g/mol. The highest BCUT2D eigenvalue weighted by molar-refractivity contribution is 6.14. The lowest BCUT2D eigenvalue weighted by molar-refractivity contribution is 0.103. The molecule has 27 heavy (non-hydrogen) atoms. The quantitative estimate of drug-likeness (QED) is 0.637. The molecule has 0 aliphatic heterocycles. The first-order chi connectivity index (χ1) is 13.1. The average Bonchev–Trinajstić information content (AvgIpc) is 2.70. The smallest absolute Gasteiger partial charge is 0.323 e. The van der Waals surface area contributed by atoms with Crippen LogP contribution in [0.4, 0.5) is 16.2 Å². The van der Waals surface area contributed by atoms with E-state index in [0.717, 1.165) is 11.3 Å². The Morgan fingerprint density at radius 2 is 1.48 bits per heavy atom. The molecule has 0 spiro atoms. The van der Waals surface area contributed by atoms with E-state index in [9.17, 15) is 9.59 Å². The van der Waals surface area contributed by atoms with Crippen molar-refractivity contribution in [2.75, 3.05) is 17.7 Å². The van der Waals surface area contributed by atoms with Crippen LogP contribution in [0.15, 0.2) is 72.8 Å². The number of urea groups is 1. The summed E-state index contributed by atoms with van der Waals surface area (Å²) < 4.78 is 5.17. The van der Waals surface area contributed by atoms with Crippen molar-refractivity contribution in [1.29, 1.82) is 0 Å². The number of methoxy groups -OCH3 is 1. The van der Waals surface area contributed by atoms with Crippen LogP contribution >= 0.6 is 0 Å². The number of ether oxygens (including phenoxy) is 1. The van der Waals surface area contributed by atoms with Gasteiger partial charge in [-0.2, -0.15) is 0 Å². The topological polar surface area (TPSA) is 67.4 Å². The van der Waals surface area contributed by atoms with Crippen molar-refractivity contribution in [2.24, 2.45) is 0 Å². The van der Waals surface area contributed by atoms with Crippen LogP contribution in [0.2, 0.25) is 0 Å². The van der Waals surface area contributed by atoms with Crippen molar-refractivity contribution in [3.63, 3.8) is 0 Å². The van der Waals surface area contributed by atoms with Crippen LogP contribution in [0, 0.1) is 6.92 Å². The molecular weight excluding hydrogens is 340 g/mol. The Kier molecular flexibility index (Phi) is 5.52. The van der Waals surface area contributed by atoms with Crippen molar-refractivity contribution in [1.82, 2.24) is 0 Å². The van der Waals surface area contributed by atoms with E-state index in [1.165, 1.54) is 0 Å². The third kappa shape index (κ3) is 4.33. The van der Waals surface area contributed by atoms with Crippen LogP contribution in [0.5, 0.6) is 5.75 Å². The highest BCUT2D eigenvalue weighted by Crippen LogP contribution is 2.23. The van der Waals surface area contributed by atoms with Crippen LogP contribution < -0.4 is 15.4 Å². The molecule has 2 amide bonds. The number of ketones is 1. The Bertz CT molecular complexity index is 968. The van der Waals surface area contributed by atoms with Gasteiger partial charge in [0.2, 0.25) is 0 Å². The monoisotopic (exact) mass is 360 g/mol. The zero-order valence-corrected chi connectivity index (χ0v) is 15.2. The largest absolute Gasteiger partial charge is 0.497 e. The molecule has 0 unspecified atom stereocenters. The van der Waals surface area contributed by atoms with Crippen molar-refractivity contribution < 1.29 is 14.3 Å². The maximum absolute atomic E-state index is 12.7. The van der Waals surface area contributed by atoms with Crippen molar-refractivity contribution >= 4 is 23.2 Å². The Morgan fingerprint density at radius 3 is 2.19 bits per heavy atom. The lowest BCUT2D eigenvalue weighted by Crippen LogP contribution is -2.21. The predicted molar refractivity (Wildman–Crippen MR) is 107 cm³/mol. The van der Waals surface area contributed by atoms with E-state index in [0.29, 0.717) is 22.5 Å². The highest BCUT2D eigenvalue weighted by atomic mass is 16.5. The summed E-state index contributed by atoms with van der Waals surface area (Å²) >= 11 is 0. The summed E-state index contributed by atoms with van der Waals surface area (Å²) in [4.78, 5) is 25.2. The van der Waals surface area contributed by atoms with Gasteiger partial charge in [-0.25, -0.2) is 4.79 Å². The first-order valence-corrected chi connectivity index (χ1v) is 8.50. The van der Waals surface area contributed by atoms with Crippen LogP contribution in [0.1, 0.15) is 21.5 Å². The van der Waals surface area contributed by atoms with Gasteiger partial charge in [-0.1, -0.05) is 42.5 Å². The van der Waals surface area contributed by atoms with Crippen LogP contribution in [0.25, 0.3) is 0 Å². The number of aryl methyl sites for hydroxylation is 1. The molecule has 0 aliphatic carbocycles. The van der Waals surface area contributed by atoms with Gasteiger partial charge < -0.3 is 15.4 Å². The van der Waals surface area contributed by atoms with Crippen molar-refractivity contribution in [2.45, 2.75) is 6.92 Å². The fourth-order valence-corrected chi connectivity index (χ4v) is 2.71. The van der Waals surface area contributed by atoms with Gasteiger partial charge in [0.15, 0.2) is 5.78 Å². The van der Waals surface area contributed by atoms with Gasteiger partial charge in [0.25, 0.3) is 0 Å². The van der Waals surface area contributed by atoms with Gasteiger partial charge in [0, 0.05) is 16.8 Å². The lowest BCUT2D eigenvalue weighted by atomic mass is 10.0. The molecule has 3 aromatic carbocycles. The van der Waals surface area contributed by atoms with Gasteiger partial charge in [-0.05, 0) is 42.8 Å². The standard InChI is InChI=1S/C22H20N2O3/c1-15-14-17(27-2)12-13-19(15)23-22(26)24-20-11-7-6-10-18(20)21(25)16-8-4-3-5-9-16/h3-14H,1-2H3,(H2,23,24,26). The summed E-state index contributed by atoms with van der Waals surface area (Å²) in [5, 5.41) is 5.56. The van der Waals surface area contributed by atoms with Gasteiger partial charge in [-0.3, -0.25) is 4.79 Å². The summed E-state index contributed by atoms with van der Waals surface area (Å²) in [7, 11) is 1.59. The second-order valence-electron chi connectivity index (χ2n) is 6.00. The van der Waals surface area contributed by atoms with E-state index in [1.807, 2.05) is 31.2 Å². The Hall–Kier alpha value is -3.60.